The maximum atomic E-state index is 10.8. The number of hydrogen-bond donors (Lipinski definition) is 0. The van der Waals surface area contributed by atoms with Gasteiger partial charge in [-0.05, 0) is 6.42 Å². The summed E-state index contributed by atoms with van der Waals surface area (Å²) in [6, 6.07) is 2.09. The van der Waals surface area contributed by atoms with E-state index in [1.54, 1.807) is 11.8 Å². The van der Waals surface area contributed by atoms with Gasteiger partial charge in [0.05, 0.1) is 6.07 Å². The highest BCUT2D eigenvalue weighted by atomic mass is 16.2. The van der Waals surface area contributed by atoms with Crippen molar-refractivity contribution < 1.29 is 4.79 Å². The second kappa shape index (κ2) is 3.20. The molecule has 0 saturated heterocycles. The van der Waals surface area contributed by atoms with Crippen LogP contribution in [0.2, 0.25) is 0 Å². The molecular formula is C8H10N2O. The zero-order valence-corrected chi connectivity index (χ0v) is 6.50. The largest absolute Gasteiger partial charge is 0.339 e. The number of hydrogen-bond acceptors (Lipinski definition) is 2. The summed E-state index contributed by atoms with van der Waals surface area (Å²) in [6.45, 7) is 2.83. The van der Waals surface area contributed by atoms with Gasteiger partial charge in [0, 0.05) is 25.6 Å². The normalized spacial score (nSPS) is 17.1. The summed E-state index contributed by atoms with van der Waals surface area (Å²) < 4.78 is 0. The smallest absolute Gasteiger partial charge is 0.219 e. The second-order valence-corrected chi connectivity index (χ2v) is 2.56. The Bertz CT molecular complexity index is 237. The quantitative estimate of drug-likeness (QED) is 0.510. The minimum Gasteiger partial charge on any atom is -0.339 e. The van der Waals surface area contributed by atoms with Crippen LogP contribution in [-0.4, -0.2) is 23.9 Å². The van der Waals surface area contributed by atoms with Crippen molar-refractivity contribution in [3.05, 3.63) is 11.6 Å². The van der Waals surface area contributed by atoms with E-state index in [2.05, 4.69) is 6.07 Å². The van der Waals surface area contributed by atoms with E-state index in [0.717, 1.165) is 5.57 Å². The van der Waals surface area contributed by atoms with Crippen LogP contribution in [0.4, 0.5) is 0 Å². The summed E-state index contributed by atoms with van der Waals surface area (Å²) in [5.74, 6) is 0.0817. The lowest BCUT2D eigenvalue weighted by atomic mass is 10.1. The molecule has 1 rings (SSSR count). The van der Waals surface area contributed by atoms with E-state index in [1.807, 2.05) is 6.08 Å². The van der Waals surface area contributed by atoms with Gasteiger partial charge in [-0.25, -0.2) is 0 Å². The predicted molar refractivity (Wildman–Crippen MR) is 40.6 cm³/mol. The Balaban J connectivity index is 2.56. The molecule has 0 aromatic carbocycles. The van der Waals surface area contributed by atoms with Gasteiger partial charge in [-0.1, -0.05) is 6.08 Å². The Hall–Kier alpha value is -1.30. The summed E-state index contributed by atoms with van der Waals surface area (Å²) in [5.41, 5.74) is 0.794. The number of rotatable bonds is 0. The van der Waals surface area contributed by atoms with E-state index >= 15 is 0 Å². The van der Waals surface area contributed by atoms with Crippen molar-refractivity contribution in [1.82, 2.24) is 4.90 Å². The molecule has 0 aliphatic carbocycles. The van der Waals surface area contributed by atoms with Gasteiger partial charge >= 0.3 is 0 Å². The molecule has 0 fully saturated rings. The van der Waals surface area contributed by atoms with Crippen molar-refractivity contribution in [2.45, 2.75) is 13.3 Å². The second-order valence-electron chi connectivity index (χ2n) is 2.56. The van der Waals surface area contributed by atoms with Crippen molar-refractivity contribution >= 4 is 5.91 Å². The fraction of sp³-hybridized carbons (Fsp3) is 0.500. The molecule has 0 radical (unpaired) electrons. The maximum absolute atomic E-state index is 10.8. The molecule has 11 heavy (non-hydrogen) atoms. The summed E-state index contributed by atoms with van der Waals surface area (Å²) in [4.78, 5) is 12.5. The first kappa shape index (κ1) is 7.80. The number of amides is 1. The first-order valence-electron chi connectivity index (χ1n) is 3.58. The van der Waals surface area contributed by atoms with Crippen LogP contribution in [0.5, 0.6) is 0 Å². The van der Waals surface area contributed by atoms with E-state index in [4.69, 9.17) is 5.26 Å². The van der Waals surface area contributed by atoms with Crippen molar-refractivity contribution in [3.63, 3.8) is 0 Å². The highest BCUT2D eigenvalue weighted by Gasteiger charge is 2.12. The van der Waals surface area contributed by atoms with Gasteiger partial charge in [0.25, 0.3) is 0 Å². The van der Waals surface area contributed by atoms with Crippen LogP contribution in [0.3, 0.4) is 0 Å². The standard InChI is InChI=1S/C8H10N2O/c1-7(11)10-4-2-8(6-9)3-5-10/h2H,3-5H2,1H3. The molecule has 0 N–H and O–H groups in total. The molecule has 58 valence electrons. The minimum absolute atomic E-state index is 0.0817. The number of carbonyl (C=O) groups excluding carboxylic acids is 1. The van der Waals surface area contributed by atoms with E-state index < -0.39 is 0 Å². The molecular weight excluding hydrogens is 140 g/mol. The molecule has 0 atom stereocenters. The van der Waals surface area contributed by atoms with E-state index in [9.17, 15) is 4.79 Å². The summed E-state index contributed by atoms with van der Waals surface area (Å²) in [7, 11) is 0. The predicted octanol–water partition coefficient (Wildman–Crippen LogP) is 0.689. The van der Waals surface area contributed by atoms with Crippen LogP contribution in [0.25, 0.3) is 0 Å². The van der Waals surface area contributed by atoms with E-state index in [0.29, 0.717) is 19.5 Å². The lowest BCUT2D eigenvalue weighted by Crippen LogP contribution is -2.32. The Kier molecular flexibility index (Phi) is 2.27. The number of carbonyl (C=O) groups is 1. The molecule has 0 aromatic heterocycles. The van der Waals surface area contributed by atoms with Crippen LogP contribution < -0.4 is 0 Å². The van der Waals surface area contributed by atoms with Gasteiger partial charge in [-0.3, -0.25) is 4.79 Å². The van der Waals surface area contributed by atoms with E-state index in [-0.39, 0.29) is 5.91 Å². The van der Waals surface area contributed by atoms with Crippen LogP contribution in [-0.2, 0) is 4.79 Å². The Morgan fingerprint density at radius 3 is 2.91 bits per heavy atom. The topological polar surface area (TPSA) is 44.1 Å². The maximum Gasteiger partial charge on any atom is 0.219 e. The fourth-order valence-electron chi connectivity index (χ4n) is 1.06. The molecule has 1 amide bonds. The lowest BCUT2D eigenvalue weighted by Gasteiger charge is -2.22. The number of nitriles is 1. The molecule has 3 nitrogen and oxygen atoms in total. The van der Waals surface area contributed by atoms with Crippen molar-refractivity contribution in [2.75, 3.05) is 13.1 Å². The Morgan fingerprint density at radius 2 is 2.55 bits per heavy atom. The summed E-state index contributed by atoms with van der Waals surface area (Å²) in [6.07, 6.45) is 2.51. The zero-order valence-electron chi connectivity index (χ0n) is 6.50. The SMILES string of the molecule is CC(=O)N1CC=C(C#N)CC1. The van der Waals surface area contributed by atoms with Gasteiger partial charge in [0.2, 0.25) is 5.91 Å². The first-order chi connectivity index (χ1) is 5.24. The summed E-state index contributed by atoms with van der Waals surface area (Å²) >= 11 is 0. The first-order valence-corrected chi connectivity index (χ1v) is 3.58. The highest BCUT2D eigenvalue weighted by molar-refractivity contribution is 5.73. The van der Waals surface area contributed by atoms with Gasteiger partial charge < -0.3 is 4.90 Å². The lowest BCUT2D eigenvalue weighted by molar-refractivity contribution is -0.128. The average molecular weight is 150 g/mol. The van der Waals surface area contributed by atoms with Crippen molar-refractivity contribution in [3.8, 4) is 6.07 Å². The molecule has 0 aromatic rings. The molecule has 0 unspecified atom stereocenters. The highest BCUT2D eigenvalue weighted by Crippen LogP contribution is 2.08. The third kappa shape index (κ3) is 1.81. The molecule has 0 bridgehead atoms. The van der Waals surface area contributed by atoms with Gasteiger partial charge in [-0.2, -0.15) is 5.26 Å². The molecule has 0 saturated carbocycles. The Labute approximate surface area is 65.9 Å². The van der Waals surface area contributed by atoms with Crippen molar-refractivity contribution in [2.24, 2.45) is 0 Å². The zero-order chi connectivity index (χ0) is 8.27. The summed E-state index contributed by atoms with van der Waals surface area (Å²) in [5, 5.41) is 8.49. The third-order valence-corrected chi connectivity index (χ3v) is 1.80. The fourth-order valence-corrected chi connectivity index (χ4v) is 1.06. The minimum atomic E-state index is 0.0817. The third-order valence-electron chi connectivity index (χ3n) is 1.80. The van der Waals surface area contributed by atoms with Gasteiger partial charge in [0.15, 0.2) is 0 Å². The average Bonchev–Trinajstić information content (AvgIpc) is 2.05. The molecule has 1 aliphatic heterocycles. The van der Waals surface area contributed by atoms with Crippen LogP contribution in [0.1, 0.15) is 13.3 Å². The molecule has 1 heterocycles. The van der Waals surface area contributed by atoms with Crippen LogP contribution in [0.15, 0.2) is 11.6 Å². The molecule has 3 heteroatoms. The molecule has 1 aliphatic rings. The van der Waals surface area contributed by atoms with Crippen molar-refractivity contribution in [1.29, 1.82) is 5.26 Å². The van der Waals surface area contributed by atoms with E-state index in [1.165, 1.54) is 0 Å². The number of nitrogens with zero attached hydrogens (tertiary/aromatic N) is 2. The van der Waals surface area contributed by atoms with Crippen LogP contribution in [0, 0.1) is 11.3 Å². The van der Waals surface area contributed by atoms with Gasteiger partial charge in [-0.15, -0.1) is 0 Å². The van der Waals surface area contributed by atoms with Crippen LogP contribution >= 0.6 is 0 Å². The monoisotopic (exact) mass is 150 g/mol. The Morgan fingerprint density at radius 1 is 1.82 bits per heavy atom. The molecule has 0 spiro atoms. The van der Waals surface area contributed by atoms with Gasteiger partial charge in [0.1, 0.15) is 0 Å².